The molecule has 1 aromatic rings. The Morgan fingerprint density at radius 2 is 1.62 bits per heavy atom. The zero-order valence-electron chi connectivity index (χ0n) is 13.7. The second-order valence-corrected chi connectivity index (χ2v) is 8.34. The van der Waals surface area contributed by atoms with Crippen molar-refractivity contribution in [2.45, 2.75) is 57.3 Å². The van der Waals surface area contributed by atoms with Crippen LogP contribution in [-0.2, 0) is 12.0 Å². The van der Waals surface area contributed by atoms with Crippen molar-refractivity contribution in [2.24, 2.45) is 0 Å². The molecule has 0 heterocycles. The van der Waals surface area contributed by atoms with Gasteiger partial charge in [0.1, 0.15) is 5.75 Å². The number of alkyl halides is 2. The number of aromatic hydroxyl groups is 1. The first-order valence-corrected chi connectivity index (χ1v) is 8.29. The topological polar surface area (TPSA) is 23.5 Å². The van der Waals surface area contributed by atoms with E-state index in [1.807, 2.05) is 19.9 Å². The van der Waals surface area contributed by atoms with Gasteiger partial charge in [0, 0.05) is 36.0 Å². The molecule has 2 nitrogen and oxygen atoms in total. The van der Waals surface area contributed by atoms with E-state index in [4.69, 9.17) is 23.2 Å². The van der Waals surface area contributed by atoms with Gasteiger partial charge in [0.2, 0.25) is 0 Å². The zero-order valence-corrected chi connectivity index (χ0v) is 15.2. The summed E-state index contributed by atoms with van der Waals surface area (Å²) in [7, 11) is 0. The first-order chi connectivity index (χ1) is 9.59. The van der Waals surface area contributed by atoms with Crippen molar-refractivity contribution in [2.75, 3.05) is 13.1 Å². The maximum absolute atomic E-state index is 10.1. The number of phenolic OH excluding ortho intramolecular Hbond substituents is 1. The number of hydrogen-bond acceptors (Lipinski definition) is 2. The van der Waals surface area contributed by atoms with Crippen molar-refractivity contribution in [3.8, 4) is 5.75 Å². The predicted molar refractivity (Wildman–Crippen MR) is 92.7 cm³/mol. The number of nitrogens with zero attached hydrogens (tertiary/aromatic N) is 1. The molecule has 0 unspecified atom stereocenters. The van der Waals surface area contributed by atoms with Gasteiger partial charge in [-0.15, -0.1) is 23.2 Å². The highest BCUT2D eigenvalue weighted by Crippen LogP contribution is 2.28. The number of hydrogen-bond donors (Lipinski definition) is 1. The fourth-order valence-electron chi connectivity index (χ4n) is 2.33. The molecule has 21 heavy (non-hydrogen) atoms. The number of rotatable bonds is 6. The van der Waals surface area contributed by atoms with Gasteiger partial charge in [-0.05, 0) is 30.9 Å². The van der Waals surface area contributed by atoms with E-state index >= 15 is 0 Å². The summed E-state index contributed by atoms with van der Waals surface area (Å²) in [6, 6.07) is 5.85. The standard InChI is InChI=1S/C17H27Cl2NO/c1-12(18)9-20(10-13(2)19)11-14-8-15(17(3,4)5)6-7-16(14)21/h6-8,12-13,21H,9-11H2,1-5H3/t12-,13-/m1/s1. The smallest absolute Gasteiger partial charge is 0.120 e. The molecule has 1 N–H and O–H groups in total. The summed E-state index contributed by atoms with van der Waals surface area (Å²) < 4.78 is 0. The van der Waals surface area contributed by atoms with Gasteiger partial charge in [0.05, 0.1) is 0 Å². The summed E-state index contributed by atoms with van der Waals surface area (Å²) in [4.78, 5) is 2.19. The quantitative estimate of drug-likeness (QED) is 0.760. The molecule has 0 aliphatic rings. The molecule has 120 valence electrons. The Labute approximate surface area is 139 Å². The SMILES string of the molecule is C[C@@H](Cl)CN(Cc1cc(C(C)(C)C)ccc1O)C[C@@H](C)Cl. The third-order valence-corrected chi connectivity index (χ3v) is 3.64. The lowest BCUT2D eigenvalue weighted by Crippen LogP contribution is -2.33. The summed E-state index contributed by atoms with van der Waals surface area (Å²) in [6.07, 6.45) is 0. The highest BCUT2D eigenvalue weighted by atomic mass is 35.5. The van der Waals surface area contributed by atoms with Crippen LogP contribution in [0.1, 0.15) is 45.7 Å². The van der Waals surface area contributed by atoms with E-state index in [0.717, 1.165) is 18.7 Å². The van der Waals surface area contributed by atoms with Crippen LogP contribution in [-0.4, -0.2) is 33.9 Å². The summed E-state index contributed by atoms with van der Waals surface area (Å²) >= 11 is 12.2. The molecule has 0 aliphatic carbocycles. The van der Waals surface area contributed by atoms with Crippen LogP contribution in [0, 0.1) is 0 Å². The molecular formula is C17H27Cl2NO. The Kier molecular flexibility index (Phi) is 6.83. The Bertz CT molecular complexity index is 443. The van der Waals surface area contributed by atoms with Crippen molar-refractivity contribution < 1.29 is 5.11 Å². The zero-order chi connectivity index (χ0) is 16.2. The van der Waals surface area contributed by atoms with Crippen LogP contribution in [0.25, 0.3) is 0 Å². The molecule has 4 heteroatoms. The fourth-order valence-corrected chi connectivity index (χ4v) is 2.73. The van der Waals surface area contributed by atoms with Crippen molar-refractivity contribution in [1.29, 1.82) is 0 Å². The van der Waals surface area contributed by atoms with Gasteiger partial charge in [0.25, 0.3) is 0 Å². The average Bonchev–Trinajstić information content (AvgIpc) is 2.28. The largest absolute Gasteiger partial charge is 0.508 e. The highest BCUT2D eigenvalue weighted by Gasteiger charge is 2.18. The number of halogens is 2. The normalized spacial score (nSPS) is 15.2. The molecule has 0 bridgehead atoms. The van der Waals surface area contributed by atoms with Crippen LogP contribution >= 0.6 is 23.2 Å². The molecule has 0 fully saturated rings. The van der Waals surface area contributed by atoms with Gasteiger partial charge in [-0.1, -0.05) is 32.9 Å². The maximum atomic E-state index is 10.1. The molecule has 1 rings (SSSR count). The molecule has 1 aromatic carbocycles. The van der Waals surface area contributed by atoms with Crippen molar-refractivity contribution in [3.63, 3.8) is 0 Å². The van der Waals surface area contributed by atoms with Gasteiger partial charge in [-0.3, -0.25) is 4.90 Å². The second kappa shape index (κ2) is 7.71. The molecule has 2 atom stereocenters. The third-order valence-electron chi connectivity index (χ3n) is 3.36. The summed E-state index contributed by atoms with van der Waals surface area (Å²) in [5.74, 6) is 0.331. The minimum atomic E-state index is 0.0494. The summed E-state index contributed by atoms with van der Waals surface area (Å²) in [5.41, 5.74) is 2.21. The first-order valence-electron chi connectivity index (χ1n) is 7.42. The Morgan fingerprint density at radius 1 is 1.10 bits per heavy atom. The minimum absolute atomic E-state index is 0.0494. The van der Waals surface area contributed by atoms with Crippen molar-refractivity contribution in [1.82, 2.24) is 4.90 Å². The molecular weight excluding hydrogens is 305 g/mol. The lowest BCUT2D eigenvalue weighted by molar-refractivity contribution is 0.266. The van der Waals surface area contributed by atoms with E-state index in [9.17, 15) is 5.11 Å². The third kappa shape index (κ3) is 6.46. The summed E-state index contributed by atoms with van der Waals surface area (Å²) in [6.45, 7) is 12.6. The van der Waals surface area contributed by atoms with Crippen LogP contribution in [0.5, 0.6) is 5.75 Å². The number of phenols is 1. The summed E-state index contributed by atoms with van der Waals surface area (Å²) in [5, 5.41) is 10.2. The number of benzene rings is 1. The van der Waals surface area contributed by atoms with Gasteiger partial charge in [-0.25, -0.2) is 0 Å². The average molecular weight is 332 g/mol. The predicted octanol–water partition coefficient (Wildman–Crippen LogP) is 4.75. The van der Waals surface area contributed by atoms with Crippen LogP contribution in [0.15, 0.2) is 18.2 Å². The minimum Gasteiger partial charge on any atom is -0.508 e. The molecule has 0 radical (unpaired) electrons. The molecule has 0 aromatic heterocycles. The van der Waals surface area contributed by atoms with Crippen LogP contribution in [0.2, 0.25) is 0 Å². The van der Waals surface area contributed by atoms with E-state index in [1.165, 1.54) is 5.56 Å². The van der Waals surface area contributed by atoms with E-state index in [2.05, 4.69) is 31.7 Å². The molecule has 0 saturated carbocycles. The van der Waals surface area contributed by atoms with Crippen molar-refractivity contribution >= 4 is 23.2 Å². The highest BCUT2D eigenvalue weighted by molar-refractivity contribution is 6.21. The monoisotopic (exact) mass is 331 g/mol. The maximum Gasteiger partial charge on any atom is 0.120 e. The van der Waals surface area contributed by atoms with E-state index in [1.54, 1.807) is 6.07 Å². The lowest BCUT2D eigenvalue weighted by atomic mass is 9.86. The van der Waals surface area contributed by atoms with E-state index < -0.39 is 0 Å². The fraction of sp³-hybridized carbons (Fsp3) is 0.647. The second-order valence-electron chi connectivity index (χ2n) is 6.85. The van der Waals surface area contributed by atoms with Gasteiger partial charge in [0.15, 0.2) is 0 Å². The van der Waals surface area contributed by atoms with Gasteiger partial charge in [-0.2, -0.15) is 0 Å². The van der Waals surface area contributed by atoms with Crippen LogP contribution < -0.4 is 0 Å². The molecule has 0 aliphatic heterocycles. The molecule has 0 spiro atoms. The van der Waals surface area contributed by atoms with Gasteiger partial charge < -0.3 is 5.11 Å². The van der Waals surface area contributed by atoms with E-state index in [-0.39, 0.29) is 16.2 Å². The van der Waals surface area contributed by atoms with Crippen LogP contribution in [0.3, 0.4) is 0 Å². The van der Waals surface area contributed by atoms with Crippen molar-refractivity contribution in [3.05, 3.63) is 29.3 Å². The lowest BCUT2D eigenvalue weighted by Gasteiger charge is -2.26. The van der Waals surface area contributed by atoms with Crippen LogP contribution in [0.4, 0.5) is 0 Å². The molecule has 0 amide bonds. The first kappa shape index (κ1) is 18.6. The molecule has 0 saturated heterocycles. The Hall–Kier alpha value is -0.440. The Balaban J connectivity index is 2.96. The van der Waals surface area contributed by atoms with E-state index in [0.29, 0.717) is 12.3 Å². The van der Waals surface area contributed by atoms with Gasteiger partial charge >= 0.3 is 0 Å². The Morgan fingerprint density at radius 3 is 2.05 bits per heavy atom.